The van der Waals surface area contributed by atoms with Crippen LogP contribution in [-0.4, -0.2) is 27.2 Å². The van der Waals surface area contributed by atoms with Crippen molar-refractivity contribution in [2.45, 2.75) is 77.2 Å². The highest BCUT2D eigenvalue weighted by molar-refractivity contribution is 5.80. The first-order chi connectivity index (χ1) is 12.7. The van der Waals surface area contributed by atoms with Crippen molar-refractivity contribution in [2.75, 3.05) is 6.54 Å². The molecular weight excluding hydrogens is 326 g/mol. The summed E-state index contributed by atoms with van der Waals surface area (Å²) in [5.74, 6) is 0.123. The number of nitrogens with two attached hydrogens (primary N) is 1. The summed E-state index contributed by atoms with van der Waals surface area (Å²) in [6.45, 7) is 2.72. The van der Waals surface area contributed by atoms with Crippen LogP contribution in [0, 0.1) is 0 Å². The van der Waals surface area contributed by atoms with Crippen molar-refractivity contribution in [3.05, 3.63) is 30.1 Å². The third kappa shape index (κ3) is 5.56. The van der Waals surface area contributed by atoms with E-state index in [0.29, 0.717) is 6.42 Å². The van der Waals surface area contributed by atoms with Crippen LogP contribution in [0.15, 0.2) is 24.3 Å². The minimum atomic E-state index is -0.783. The van der Waals surface area contributed by atoms with Gasteiger partial charge in [-0.25, -0.2) is 9.78 Å². The molecule has 1 aromatic carbocycles. The predicted octanol–water partition coefficient (Wildman–Crippen LogP) is 4.69. The first-order valence-corrected chi connectivity index (χ1v) is 10.1. The van der Waals surface area contributed by atoms with Crippen LogP contribution in [0.4, 0.5) is 0 Å². The number of fused-ring (bicyclic) bond motifs is 1. The monoisotopic (exact) mass is 359 g/mol. The smallest absolute Gasteiger partial charge is 0.326 e. The van der Waals surface area contributed by atoms with Gasteiger partial charge in [-0.2, -0.15) is 0 Å². The number of hydrogen-bond acceptors (Lipinski definition) is 3. The predicted molar refractivity (Wildman–Crippen MR) is 106 cm³/mol. The van der Waals surface area contributed by atoms with E-state index in [9.17, 15) is 9.90 Å². The van der Waals surface area contributed by atoms with E-state index < -0.39 is 12.0 Å². The Morgan fingerprint density at radius 2 is 1.69 bits per heavy atom. The van der Waals surface area contributed by atoms with Gasteiger partial charge in [0.2, 0.25) is 0 Å². The first-order valence-electron chi connectivity index (χ1n) is 10.1. The zero-order valence-electron chi connectivity index (χ0n) is 16.0. The summed E-state index contributed by atoms with van der Waals surface area (Å²) in [5.41, 5.74) is 7.33. The molecule has 3 N–H and O–H groups in total. The number of carboxylic acids is 1. The number of para-hydroxylation sites is 2. The minimum Gasteiger partial charge on any atom is -0.480 e. The summed E-state index contributed by atoms with van der Waals surface area (Å²) in [6, 6.07) is 7.29. The van der Waals surface area contributed by atoms with Crippen LogP contribution in [0.2, 0.25) is 0 Å². The summed E-state index contributed by atoms with van der Waals surface area (Å²) < 4.78 is 1.94. The van der Waals surface area contributed by atoms with Crippen LogP contribution in [-0.2, 0) is 11.2 Å². The molecule has 0 aliphatic carbocycles. The third-order valence-corrected chi connectivity index (χ3v) is 5.01. The van der Waals surface area contributed by atoms with E-state index in [1.165, 1.54) is 38.5 Å². The van der Waals surface area contributed by atoms with Crippen molar-refractivity contribution in [3.8, 4) is 0 Å². The number of benzene rings is 1. The molecule has 1 atom stereocenters. The van der Waals surface area contributed by atoms with Crippen LogP contribution < -0.4 is 5.73 Å². The maximum Gasteiger partial charge on any atom is 0.326 e. The van der Waals surface area contributed by atoms with Crippen LogP contribution in [0.5, 0.6) is 0 Å². The Hall–Kier alpha value is -1.88. The van der Waals surface area contributed by atoms with Crippen molar-refractivity contribution in [3.63, 3.8) is 0 Å². The summed E-state index contributed by atoms with van der Waals surface area (Å²) in [6.07, 6.45) is 11.1. The van der Waals surface area contributed by atoms with Crippen LogP contribution in [0.25, 0.3) is 11.0 Å². The van der Waals surface area contributed by atoms with Crippen LogP contribution in [0.3, 0.4) is 0 Å². The second-order valence-corrected chi connectivity index (χ2v) is 7.02. The molecule has 0 saturated carbocycles. The second kappa shape index (κ2) is 11.0. The van der Waals surface area contributed by atoms with Gasteiger partial charge in [-0.3, -0.25) is 0 Å². The molecule has 5 heteroatoms. The van der Waals surface area contributed by atoms with Gasteiger partial charge in [0.05, 0.1) is 11.0 Å². The van der Waals surface area contributed by atoms with Gasteiger partial charge in [0.25, 0.3) is 0 Å². The summed E-state index contributed by atoms with van der Waals surface area (Å²) in [4.78, 5) is 16.4. The Balaban J connectivity index is 1.91. The Kier molecular flexibility index (Phi) is 8.62. The van der Waals surface area contributed by atoms with Gasteiger partial charge < -0.3 is 15.4 Å². The molecule has 0 amide bonds. The number of aryl methyl sites for hydroxylation is 1. The van der Waals surface area contributed by atoms with E-state index in [4.69, 9.17) is 10.7 Å². The lowest BCUT2D eigenvalue weighted by molar-refractivity contribution is -0.140. The lowest BCUT2D eigenvalue weighted by Crippen LogP contribution is -2.20. The van der Waals surface area contributed by atoms with Gasteiger partial charge in [0.15, 0.2) is 0 Å². The number of unbranched alkanes of at least 4 members (excludes halogenated alkanes) is 7. The average Bonchev–Trinajstić information content (AvgIpc) is 2.99. The Labute approximate surface area is 156 Å². The maximum atomic E-state index is 11.7. The molecular formula is C21H33N3O2. The second-order valence-electron chi connectivity index (χ2n) is 7.02. The molecule has 0 aliphatic rings. The topological polar surface area (TPSA) is 81.1 Å². The summed E-state index contributed by atoms with van der Waals surface area (Å²) in [5, 5.41) is 9.60. The largest absolute Gasteiger partial charge is 0.480 e. The Morgan fingerprint density at radius 1 is 1.08 bits per heavy atom. The molecule has 2 aromatic rings. The van der Waals surface area contributed by atoms with E-state index in [0.717, 1.165) is 42.7 Å². The zero-order valence-corrected chi connectivity index (χ0v) is 16.0. The Bertz CT molecular complexity index is 681. The molecule has 0 aliphatic heterocycles. The molecule has 1 unspecified atom stereocenters. The quantitative estimate of drug-likeness (QED) is 0.508. The van der Waals surface area contributed by atoms with E-state index in [2.05, 4.69) is 0 Å². The zero-order chi connectivity index (χ0) is 18.8. The highest BCUT2D eigenvalue weighted by Gasteiger charge is 2.23. The van der Waals surface area contributed by atoms with Crippen molar-refractivity contribution in [1.82, 2.24) is 9.55 Å². The van der Waals surface area contributed by atoms with Gasteiger partial charge in [0, 0.05) is 6.42 Å². The average molecular weight is 360 g/mol. The fourth-order valence-corrected chi connectivity index (χ4v) is 3.57. The molecule has 0 bridgehead atoms. The fraction of sp³-hybridized carbons (Fsp3) is 0.619. The van der Waals surface area contributed by atoms with Gasteiger partial charge >= 0.3 is 5.97 Å². The Morgan fingerprint density at radius 3 is 2.31 bits per heavy atom. The van der Waals surface area contributed by atoms with Crippen LogP contribution in [0.1, 0.15) is 76.6 Å². The highest BCUT2D eigenvalue weighted by atomic mass is 16.4. The van der Waals surface area contributed by atoms with E-state index in [-0.39, 0.29) is 0 Å². The molecule has 2 rings (SSSR count). The van der Waals surface area contributed by atoms with Gasteiger partial charge in [-0.05, 0) is 37.9 Å². The van der Waals surface area contributed by atoms with Crippen molar-refractivity contribution < 1.29 is 9.90 Å². The number of rotatable bonds is 13. The highest BCUT2D eigenvalue weighted by Crippen LogP contribution is 2.25. The van der Waals surface area contributed by atoms with Gasteiger partial charge in [-0.15, -0.1) is 0 Å². The number of nitrogens with zero attached hydrogens (tertiary/aromatic N) is 2. The maximum absolute atomic E-state index is 11.7. The molecule has 1 aromatic heterocycles. The SMILES string of the molecule is CCC(C(=O)O)n1c(CCCCCCCCCCN)nc2ccccc21. The standard InChI is InChI=1S/C21H33N3O2/c1-2-18(21(25)26)24-19-14-11-10-13-17(19)23-20(24)15-9-7-5-3-4-6-8-12-16-22/h10-11,13-14,18H,2-9,12,15-16,22H2,1H3,(H,25,26). The van der Waals surface area contributed by atoms with E-state index in [1.54, 1.807) is 0 Å². The molecule has 26 heavy (non-hydrogen) atoms. The van der Waals surface area contributed by atoms with E-state index in [1.807, 2.05) is 35.8 Å². The van der Waals surface area contributed by atoms with Crippen LogP contribution >= 0.6 is 0 Å². The fourth-order valence-electron chi connectivity index (χ4n) is 3.57. The molecule has 0 radical (unpaired) electrons. The number of imidazole rings is 1. The van der Waals surface area contributed by atoms with Crippen molar-refractivity contribution in [2.24, 2.45) is 5.73 Å². The molecule has 0 saturated heterocycles. The normalized spacial score (nSPS) is 12.5. The first kappa shape index (κ1) is 20.4. The minimum absolute atomic E-state index is 0.542. The van der Waals surface area contributed by atoms with Gasteiger partial charge in [-0.1, -0.05) is 57.6 Å². The molecule has 5 nitrogen and oxygen atoms in total. The number of aromatic nitrogens is 2. The molecule has 0 fully saturated rings. The number of hydrogen-bond donors (Lipinski definition) is 2. The third-order valence-electron chi connectivity index (χ3n) is 5.01. The molecule has 0 spiro atoms. The lowest BCUT2D eigenvalue weighted by atomic mass is 10.1. The van der Waals surface area contributed by atoms with Gasteiger partial charge in [0.1, 0.15) is 11.9 Å². The lowest BCUT2D eigenvalue weighted by Gasteiger charge is -2.16. The summed E-state index contributed by atoms with van der Waals surface area (Å²) >= 11 is 0. The van der Waals surface area contributed by atoms with Crippen molar-refractivity contribution in [1.29, 1.82) is 0 Å². The van der Waals surface area contributed by atoms with Crippen molar-refractivity contribution >= 4 is 17.0 Å². The number of carboxylic acid groups (broad SMARTS) is 1. The number of carbonyl (C=O) groups is 1. The molecule has 144 valence electrons. The number of aliphatic carboxylic acids is 1. The van der Waals surface area contributed by atoms with E-state index >= 15 is 0 Å². The summed E-state index contributed by atoms with van der Waals surface area (Å²) in [7, 11) is 0. The molecule has 1 heterocycles.